The fourth-order valence-electron chi connectivity index (χ4n) is 6.42. The molecule has 2 unspecified atom stereocenters. The van der Waals surface area contributed by atoms with Gasteiger partial charge in [0.25, 0.3) is 5.91 Å². The van der Waals surface area contributed by atoms with E-state index in [1.807, 2.05) is 24.3 Å². The molecule has 0 aromatic heterocycles. The Balaban J connectivity index is 1.44. The molecule has 1 aromatic rings. The zero-order valence-corrected chi connectivity index (χ0v) is 18.3. The number of piperidine rings is 2. The van der Waals surface area contributed by atoms with Crippen molar-refractivity contribution in [1.82, 2.24) is 10.2 Å². The summed E-state index contributed by atoms with van der Waals surface area (Å²) in [4.78, 5) is 15.7. The fourth-order valence-corrected chi connectivity index (χ4v) is 6.42. The smallest absolute Gasteiger partial charge is 0.253 e. The third-order valence-corrected chi connectivity index (χ3v) is 7.74. The Kier molecular flexibility index (Phi) is 6.48. The minimum Gasteiger partial charge on any atom is -0.398 e. The number of hydrogen-bond donors (Lipinski definition) is 2. The standard InChI is InChI=1S/C25H39N3O/c1-17-7-5-8-18(2)14-22(13-17)28-20-9-6-10-21(28)16-19(15-20)27-25(29)23-11-3-4-12-24(23)26/h3-4,11-12,17-22H,5-10,13-16,26H2,1-2H3,(H,27,29)/t17-,18+,19?,20-,21+,22?. The van der Waals surface area contributed by atoms with Crippen LogP contribution in [0.5, 0.6) is 0 Å². The van der Waals surface area contributed by atoms with E-state index in [1.165, 1.54) is 51.4 Å². The molecule has 2 saturated heterocycles. The molecule has 2 heterocycles. The highest BCUT2D eigenvalue weighted by Gasteiger charge is 2.42. The monoisotopic (exact) mass is 397 g/mol. The predicted molar refractivity (Wildman–Crippen MR) is 120 cm³/mol. The average molecular weight is 398 g/mol. The second-order valence-corrected chi connectivity index (χ2v) is 10.2. The highest BCUT2D eigenvalue weighted by Crippen LogP contribution is 2.40. The summed E-state index contributed by atoms with van der Waals surface area (Å²) >= 11 is 0. The Bertz CT molecular complexity index is 679. The average Bonchev–Trinajstić information content (AvgIpc) is 2.65. The van der Waals surface area contributed by atoms with Gasteiger partial charge in [0, 0.05) is 29.9 Å². The van der Waals surface area contributed by atoms with Crippen molar-refractivity contribution in [3.63, 3.8) is 0 Å². The maximum Gasteiger partial charge on any atom is 0.253 e. The fraction of sp³-hybridized carbons (Fsp3) is 0.720. The number of nitrogens with zero attached hydrogens (tertiary/aromatic N) is 1. The van der Waals surface area contributed by atoms with Crippen molar-refractivity contribution in [1.29, 1.82) is 0 Å². The van der Waals surface area contributed by atoms with Gasteiger partial charge in [0.05, 0.1) is 5.56 Å². The molecule has 2 aliphatic heterocycles. The molecular weight excluding hydrogens is 358 g/mol. The Morgan fingerprint density at radius 1 is 0.897 bits per heavy atom. The first-order chi connectivity index (χ1) is 14.0. The van der Waals surface area contributed by atoms with Gasteiger partial charge in [0.2, 0.25) is 0 Å². The van der Waals surface area contributed by atoms with Gasteiger partial charge in [-0.15, -0.1) is 0 Å². The highest BCUT2D eigenvalue weighted by molar-refractivity contribution is 5.99. The minimum absolute atomic E-state index is 0.00665. The summed E-state index contributed by atoms with van der Waals surface area (Å²) < 4.78 is 0. The number of carbonyl (C=O) groups is 1. The largest absolute Gasteiger partial charge is 0.398 e. The van der Waals surface area contributed by atoms with Crippen LogP contribution in [-0.4, -0.2) is 35.0 Å². The topological polar surface area (TPSA) is 58.4 Å². The molecule has 4 heteroatoms. The SMILES string of the molecule is C[C@@H]1CCC[C@H](C)CC(N2[C@@H]3CCC[C@H]2CC(NC(=O)c2ccccc2N)C3)C1. The Hall–Kier alpha value is -1.55. The van der Waals surface area contributed by atoms with Crippen LogP contribution in [0.15, 0.2) is 24.3 Å². The van der Waals surface area contributed by atoms with Crippen LogP contribution in [0, 0.1) is 11.8 Å². The summed E-state index contributed by atoms with van der Waals surface area (Å²) in [5.74, 6) is 1.67. The summed E-state index contributed by atoms with van der Waals surface area (Å²) in [5, 5.41) is 3.32. The normalized spacial score (nSPS) is 36.1. The van der Waals surface area contributed by atoms with Gasteiger partial charge in [-0.2, -0.15) is 0 Å². The molecule has 1 amide bonds. The van der Waals surface area contributed by atoms with Gasteiger partial charge in [-0.25, -0.2) is 0 Å². The summed E-state index contributed by atoms with van der Waals surface area (Å²) in [6.07, 6.45) is 13.0. The number of carbonyl (C=O) groups excluding carboxylic acids is 1. The van der Waals surface area contributed by atoms with Gasteiger partial charge in [-0.05, 0) is 62.5 Å². The lowest BCUT2D eigenvalue weighted by atomic mass is 9.76. The number of anilines is 1. The van der Waals surface area contributed by atoms with E-state index in [0.717, 1.165) is 30.7 Å². The van der Waals surface area contributed by atoms with Crippen LogP contribution in [0.2, 0.25) is 0 Å². The van der Waals surface area contributed by atoms with Crippen LogP contribution in [0.4, 0.5) is 5.69 Å². The maximum absolute atomic E-state index is 12.8. The van der Waals surface area contributed by atoms with E-state index in [-0.39, 0.29) is 11.9 Å². The summed E-state index contributed by atoms with van der Waals surface area (Å²) in [5.41, 5.74) is 7.21. The second kappa shape index (κ2) is 9.07. The van der Waals surface area contributed by atoms with Crippen LogP contribution in [0.25, 0.3) is 0 Å². The van der Waals surface area contributed by atoms with Crippen molar-refractivity contribution in [2.75, 3.05) is 5.73 Å². The van der Waals surface area contributed by atoms with Crippen molar-refractivity contribution in [3.05, 3.63) is 29.8 Å². The van der Waals surface area contributed by atoms with Crippen LogP contribution in [0.3, 0.4) is 0 Å². The molecule has 0 radical (unpaired) electrons. The van der Waals surface area contributed by atoms with Crippen molar-refractivity contribution in [3.8, 4) is 0 Å². The van der Waals surface area contributed by atoms with Crippen molar-refractivity contribution < 1.29 is 4.79 Å². The van der Waals surface area contributed by atoms with Crippen molar-refractivity contribution in [2.24, 2.45) is 11.8 Å². The molecule has 4 nitrogen and oxygen atoms in total. The van der Waals surface area contributed by atoms with E-state index in [1.54, 1.807) is 0 Å². The number of hydrogen-bond acceptors (Lipinski definition) is 3. The molecule has 1 aliphatic carbocycles. The van der Waals surface area contributed by atoms with E-state index >= 15 is 0 Å². The molecule has 3 aliphatic rings. The summed E-state index contributed by atoms with van der Waals surface area (Å²) in [6.45, 7) is 4.91. The number of nitrogens with two attached hydrogens (primary N) is 1. The molecule has 160 valence electrons. The number of amides is 1. The van der Waals surface area contributed by atoms with Gasteiger partial charge in [-0.3, -0.25) is 9.69 Å². The second-order valence-electron chi connectivity index (χ2n) is 10.2. The van der Waals surface area contributed by atoms with Crippen molar-refractivity contribution >= 4 is 11.6 Å². The van der Waals surface area contributed by atoms with E-state index in [4.69, 9.17) is 5.73 Å². The molecule has 29 heavy (non-hydrogen) atoms. The highest BCUT2D eigenvalue weighted by atomic mass is 16.1. The van der Waals surface area contributed by atoms with Gasteiger partial charge < -0.3 is 11.1 Å². The summed E-state index contributed by atoms with van der Waals surface area (Å²) in [6, 6.07) is 9.68. The van der Waals surface area contributed by atoms with Gasteiger partial charge in [0.1, 0.15) is 0 Å². The van der Waals surface area contributed by atoms with Gasteiger partial charge >= 0.3 is 0 Å². The molecule has 6 atom stereocenters. The number of rotatable bonds is 3. The molecule has 0 spiro atoms. The Labute approximate surface area is 176 Å². The zero-order chi connectivity index (χ0) is 20.4. The molecular formula is C25H39N3O. The van der Waals surface area contributed by atoms with Gasteiger partial charge in [0.15, 0.2) is 0 Å². The molecule has 1 aromatic carbocycles. The molecule has 3 N–H and O–H groups in total. The number of nitrogen functional groups attached to an aromatic ring is 1. The quantitative estimate of drug-likeness (QED) is 0.707. The minimum atomic E-state index is -0.00665. The summed E-state index contributed by atoms with van der Waals surface area (Å²) in [7, 11) is 0. The van der Waals surface area contributed by atoms with Crippen LogP contribution in [-0.2, 0) is 0 Å². The third-order valence-electron chi connectivity index (χ3n) is 7.74. The third kappa shape index (κ3) is 4.79. The molecule has 3 fully saturated rings. The number of para-hydroxylation sites is 1. The Morgan fingerprint density at radius 3 is 2.10 bits per heavy atom. The molecule has 1 saturated carbocycles. The molecule has 4 rings (SSSR count). The predicted octanol–water partition coefficient (Wildman–Crippen LogP) is 4.99. The lowest BCUT2D eigenvalue weighted by Crippen LogP contribution is -2.60. The van der Waals surface area contributed by atoms with E-state index in [9.17, 15) is 4.79 Å². The number of nitrogens with one attached hydrogen (secondary N) is 1. The first-order valence-electron chi connectivity index (χ1n) is 11.9. The van der Waals surface area contributed by atoms with Gasteiger partial charge in [-0.1, -0.05) is 51.7 Å². The van der Waals surface area contributed by atoms with Crippen LogP contribution >= 0.6 is 0 Å². The lowest BCUT2D eigenvalue weighted by Gasteiger charge is -2.53. The lowest BCUT2D eigenvalue weighted by molar-refractivity contribution is -0.0266. The van der Waals surface area contributed by atoms with Crippen LogP contribution in [0.1, 0.15) is 88.4 Å². The zero-order valence-electron chi connectivity index (χ0n) is 18.3. The number of fused-ring (bicyclic) bond motifs is 2. The van der Waals surface area contributed by atoms with E-state index < -0.39 is 0 Å². The van der Waals surface area contributed by atoms with Crippen LogP contribution < -0.4 is 11.1 Å². The first kappa shape index (κ1) is 20.7. The van der Waals surface area contributed by atoms with Crippen molar-refractivity contribution in [2.45, 2.75) is 102 Å². The Morgan fingerprint density at radius 2 is 1.48 bits per heavy atom. The first-order valence-corrected chi connectivity index (χ1v) is 11.9. The number of benzene rings is 1. The van der Waals surface area contributed by atoms with E-state index in [0.29, 0.717) is 23.3 Å². The van der Waals surface area contributed by atoms with E-state index in [2.05, 4.69) is 24.1 Å². The maximum atomic E-state index is 12.8. The molecule has 2 bridgehead atoms.